The lowest BCUT2D eigenvalue weighted by molar-refractivity contribution is -0.0119. The molecule has 0 saturated carbocycles. The second-order valence-corrected chi connectivity index (χ2v) is 4.31. The van der Waals surface area contributed by atoms with E-state index in [1.807, 2.05) is 30.3 Å². The second kappa shape index (κ2) is 5.62. The quantitative estimate of drug-likeness (QED) is 0.775. The van der Waals surface area contributed by atoms with E-state index in [0.29, 0.717) is 0 Å². The summed E-state index contributed by atoms with van der Waals surface area (Å²) in [6, 6.07) is 17.6. The van der Waals surface area contributed by atoms with Crippen molar-refractivity contribution in [1.29, 1.82) is 5.26 Å². The first-order valence-corrected chi connectivity index (χ1v) is 6.04. The zero-order valence-corrected chi connectivity index (χ0v) is 10.3. The molecule has 0 aromatic heterocycles. The molecule has 96 valence electrons. The molecular weight excluding hydrogens is 244 g/mol. The maximum atomic E-state index is 13.7. The van der Waals surface area contributed by atoms with Crippen LogP contribution in [0.25, 0.3) is 11.1 Å². The van der Waals surface area contributed by atoms with Crippen LogP contribution in [0.1, 0.15) is 18.4 Å². The van der Waals surface area contributed by atoms with Crippen LogP contribution in [0.15, 0.2) is 54.6 Å². The molecule has 2 aromatic carbocycles. The normalized spacial score (nSPS) is 11.0. The molecule has 1 nitrogen and oxygen atoms in total. The summed E-state index contributed by atoms with van der Waals surface area (Å²) in [4.78, 5) is 0. The third kappa shape index (κ3) is 3.17. The Morgan fingerprint density at radius 2 is 1.47 bits per heavy atom. The van der Waals surface area contributed by atoms with Crippen LogP contribution in [0, 0.1) is 11.3 Å². The summed E-state index contributed by atoms with van der Waals surface area (Å²) in [5, 5.41) is 8.39. The number of nitrogens with zero attached hydrogens (tertiary/aromatic N) is 1. The maximum Gasteiger partial charge on any atom is 0.274 e. The van der Waals surface area contributed by atoms with Gasteiger partial charge in [-0.05, 0) is 11.1 Å². The van der Waals surface area contributed by atoms with Crippen LogP contribution in [0.2, 0.25) is 0 Å². The van der Waals surface area contributed by atoms with Crippen molar-refractivity contribution in [3.8, 4) is 17.2 Å². The van der Waals surface area contributed by atoms with Gasteiger partial charge in [-0.15, -0.1) is 0 Å². The lowest BCUT2D eigenvalue weighted by atomic mass is 9.99. The average Bonchev–Trinajstić information content (AvgIpc) is 2.46. The smallest absolute Gasteiger partial charge is 0.201 e. The summed E-state index contributed by atoms with van der Waals surface area (Å²) in [5.74, 6) is -2.94. The summed E-state index contributed by atoms with van der Waals surface area (Å²) in [7, 11) is 0. The lowest BCUT2D eigenvalue weighted by Gasteiger charge is -2.15. The first kappa shape index (κ1) is 13.2. The molecule has 0 radical (unpaired) electrons. The van der Waals surface area contributed by atoms with E-state index in [4.69, 9.17) is 5.26 Å². The molecule has 19 heavy (non-hydrogen) atoms. The zero-order chi connectivity index (χ0) is 13.7. The first-order valence-electron chi connectivity index (χ1n) is 6.04. The SMILES string of the molecule is N#CCCC(F)(F)c1ccc(-c2ccccc2)cc1. The summed E-state index contributed by atoms with van der Waals surface area (Å²) < 4.78 is 27.5. The minimum Gasteiger partial charge on any atom is -0.201 e. The van der Waals surface area contributed by atoms with Crippen LogP contribution < -0.4 is 0 Å². The Bertz CT molecular complexity index is 568. The Kier molecular flexibility index (Phi) is 3.91. The van der Waals surface area contributed by atoms with Crippen molar-refractivity contribution < 1.29 is 8.78 Å². The van der Waals surface area contributed by atoms with E-state index in [-0.39, 0.29) is 12.0 Å². The Morgan fingerprint density at radius 3 is 2.05 bits per heavy atom. The summed E-state index contributed by atoms with van der Waals surface area (Å²) >= 11 is 0. The molecule has 0 unspecified atom stereocenters. The number of hydrogen-bond donors (Lipinski definition) is 0. The number of hydrogen-bond acceptors (Lipinski definition) is 1. The van der Waals surface area contributed by atoms with Crippen molar-refractivity contribution in [2.24, 2.45) is 0 Å². The van der Waals surface area contributed by atoms with Crippen LogP contribution >= 0.6 is 0 Å². The highest BCUT2D eigenvalue weighted by molar-refractivity contribution is 5.63. The van der Waals surface area contributed by atoms with Gasteiger partial charge >= 0.3 is 0 Å². The van der Waals surface area contributed by atoms with Gasteiger partial charge < -0.3 is 0 Å². The molecule has 0 saturated heterocycles. The zero-order valence-electron chi connectivity index (χ0n) is 10.3. The maximum absolute atomic E-state index is 13.7. The standard InChI is InChI=1S/C16H13F2N/c17-16(18,11-4-12-19)15-9-7-14(8-10-15)13-5-2-1-3-6-13/h1-3,5-10H,4,11H2. The fraction of sp³-hybridized carbons (Fsp3) is 0.188. The molecule has 0 fully saturated rings. The minimum absolute atomic E-state index is 0.0394. The van der Waals surface area contributed by atoms with E-state index in [2.05, 4.69) is 0 Å². The number of nitriles is 1. The third-order valence-corrected chi connectivity index (χ3v) is 2.97. The van der Waals surface area contributed by atoms with Gasteiger partial charge in [0.2, 0.25) is 0 Å². The highest BCUT2D eigenvalue weighted by Crippen LogP contribution is 2.33. The number of alkyl halides is 2. The molecular formula is C16H13F2N. The first-order chi connectivity index (χ1) is 9.13. The molecule has 2 aromatic rings. The van der Waals surface area contributed by atoms with E-state index in [1.54, 1.807) is 18.2 Å². The molecule has 0 aliphatic heterocycles. The molecule has 0 amide bonds. The van der Waals surface area contributed by atoms with Crippen molar-refractivity contribution >= 4 is 0 Å². The Morgan fingerprint density at radius 1 is 0.895 bits per heavy atom. The number of halogens is 2. The van der Waals surface area contributed by atoms with Gasteiger partial charge in [0.05, 0.1) is 6.07 Å². The fourth-order valence-electron chi connectivity index (χ4n) is 1.89. The molecule has 3 heteroatoms. The molecule has 0 bridgehead atoms. The van der Waals surface area contributed by atoms with Gasteiger partial charge in [-0.1, -0.05) is 54.6 Å². The fourth-order valence-corrected chi connectivity index (χ4v) is 1.89. The summed E-state index contributed by atoms with van der Waals surface area (Å²) in [6.45, 7) is 0. The Hall–Kier alpha value is -2.21. The van der Waals surface area contributed by atoms with E-state index < -0.39 is 12.3 Å². The van der Waals surface area contributed by atoms with Crippen LogP contribution in [-0.4, -0.2) is 0 Å². The summed E-state index contributed by atoms with van der Waals surface area (Å²) in [6.07, 6.45) is -0.582. The highest BCUT2D eigenvalue weighted by atomic mass is 19.3. The van der Waals surface area contributed by atoms with E-state index >= 15 is 0 Å². The minimum atomic E-state index is -2.94. The van der Waals surface area contributed by atoms with Crippen LogP contribution in [0.3, 0.4) is 0 Å². The van der Waals surface area contributed by atoms with Gasteiger partial charge in [-0.25, -0.2) is 8.78 Å². The van der Waals surface area contributed by atoms with Gasteiger partial charge in [0, 0.05) is 18.4 Å². The van der Waals surface area contributed by atoms with E-state index in [0.717, 1.165) is 11.1 Å². The molecule has 0 aliphatic rings. The van der Waals surface area contributed by atoms with Gasteiger partial charge in [0.15, 0.2) is 0 Å². The molecule has 0 heterocycles. The average molecular weight is 257 g/mol. The van der Waals surface area contributed by atoms with Gasteiger partial charge in [0.1, 0.15) is 0 Å². The van der Waals surface area contributed by atoms with Crippen LogP contribution in [0.5, 0.6) is 0 Å². The molecule has 2 rings (SSSR count). The van der Waals surface area contributed by atoms with Gasteiger partial charge in [-0.2, -0.15) is 5.26 Å². The van der Waals surface area contributed by atoms with E-state index in [9.17, 15) is 8.78 Å². The lowest BCUT2D eigenvalue weighted by Crippen LogP contribution is -2.12. The molecule has 0 spiro atoms. The van der Waals surface area contributed by atoms with Crippen molar-refractivity contribution in [3.63, 3.8) is 0 Å². The highest BCUT2D eigenvalue weighted by Gasteiger charge is 2.30. The van der Waals surface area contributed by atoms with Crippen molar-refractivity contribution in [2.75, 3.05) is 0 Å². The topological polar surface area (TPSA) is 23.8 Å². The van der Waals surface area contributed by atoms with Crippen LogP contribution in [0.4, 0.5) is 8.78 Å². The van der Waals surface area contributed by atoms with Gasteiger partial charge in [-0.3, -0.25) is 0 Å². The predicted octanol–water partition coefficient (Wildman–Crippen LogP) is 4.75. The molecule has 0 aliphatic carbocycles. The van der Waals surface area contributed by atoms with E-state index in [1.165, 1.54) is 12.1 Å². The largest absolute Gasteiger partial charge is 0.274 e. The Balaban J connectivity index is 2.22. The third-order valence-electron chi connectivity index (χ3n) is 2.97. The predicted molar refractivity (Wildman–Crippen MR) is 70.6 cm³/mol. The number of rotatable bonds is 4. The second-order valence-electron chi connectivity index (χ2n) is 4.31. The number of benzene rings is 2. The monoisotopic (exact) mass is 257 g/mol. The molecule has 0 atom stereocenters. The van der Waals surface area contributed by atoms with Crippen molar-refractivity contribution in [3.05, 3.63) is 60.2 Å². The van der Waals surface area contributed by atoms with Crippen molar-refractivity contribution in [2.45, 2.75) is 18.8 Å². The van der Waals surface area contributed by atoms with Gasteiger partial charge in [0.25, 0.3) is 5.92 Å². The van der Waals surface area contributed by atoms with Crippen LogP contribution in [-0.2, 0) is 5.92 Å². The Labute approximate surface area is 111 Å². The van der Waals surface area contributed by atoms with Crippen molar-refractivity contribution in [1.82, 2.24) is 0 Å². The summed E-state index contributed by atoms with van der Waals surface area (Å²) in [5.41, 5.74) is 1.86. The molecule has 0 N–H and O–H groups in total.